The second kappa shape index (κ2) is 8.31. The first-order chi connectivity index (χ1) is 7.10. The van der Waals surface area contributed by atoms with Crippen LogP contribution in [0.25, 0.3) is 0 Å². The maximum absolute atomic E-state index is 11.3. The molecular weight excluding hydrogens is 188 g/mol. The van der Waals surface area contributed by atoms with Crippen molar-refractivity contribution in [2.24, 2.45) is 5.73 Å². The summed E-state index contributed by atoms with van der Waals surface area (Å²) in [6.07, 6.45) is 6.12. The Bertz CT molecular complexity index is 220. The van der Waals surface area contributed by atoms with E-state index in [1.807, 2.05) is 27.7 Å². The number of carbonyl (C=O) groups excluding carboxylic acids is 1. The number of hydrogen-bond donors (Lipinski definition) is 1. The summed E-state index contributed by atoms with van der Waals surface area (Å²) in [5.74, 6) is 2.40. The summed E-state index contributed by atoms with van der Waals surface area (Å²) in [5, 5.41) is 0. The van der Waals surface area contributed by atoms with Crippen LogP contribution in [0.1, 0.15) is 40.5 Å². The van der Waals surface area contributed by atoms with Crippen molar-refractivity contribution in [2.75, 3.05) is 13.6 Å². The minimum atomic E-state index is -0.774. The quantitative estimate of drug-likeness (QED) is 0.671. The van der Waals surface area contributed by atoms with Crippen LogP contribution in [-0.4, -0.2) is 29.9 Å². The third-order valence-electron chi connectivity index (χ3n) is 2.08. The molecule has 88 valence electrons. The summed E-state index contributed by atoms with van der Waals surface area (Å²) in [4.78, 5) is 12.9. The minimum absolute atomic E-state index is 0.0320. The van der Waals surface area contributed by atoms with E-state index in [1.54, 1.807) is 11.9 Å². The van der Waals surface area contributed by atoms with Crippen LogP contribution in [0.2, 0.25) is 0 Å². The molecule has 1 fully saturated rings. The number of hydrogen-bond acceptors (Lipinski definition) is 2. The highest BCUT2D eigenvalue weighted by molar-refractivity contribution is 5.88. The largest absolute Gasteiger partial charge is 0.344 e. The van der Waals surface area contributed by atoms with Crippen molar-refractivity contribution in [3.63, 3.8) is 0 Å². The van der Waals surface area contributed by atoms with Gasteiger partial charge in [-0.15, -0.1) is 12.3 Å². The summed E-state index contributed by atoms with van der Waals surface area (Å²) in [6, 6.07) is 0. The molecular formula is C12H24N2O. The Morgan fingerprint density at radius 1 is 1.47 bits per heavy atom. The third kappa shape index (κ3) is 4.35. The van der Waals surface area contributed by atoms with Gasteiger partial charge in [0.2, 0.25) is 5.91 Å². The maximum Gasteiger partial charge on any atom is 0.243 e. The molecule has 0 aliphatic carbocycles. The van der Waals surface area contributed by atoms with Gasteiger partial charge in [0.05, 0.1) is 0 Å². The first-order valence-electron chi connectivity index (χ1n) is 5.58. The number of rotatable bonds is 1. The van der Waals surface area contributed by atoms with Gasteiger partial charge in [-0.05, 0) is 6.42 Å². The molecule has 0 spiro atoms. The normalized spacial score (nSPS) is 23.3. The Morgan fingerprint density at radius 2 is 1.93 bits per heavy atom. The maximum atomic E-state index is 11.3. The molecule has 1 saturated heterocycles. The van der Waals surface area contributed by atoms with Crippen molar-refractivity contribution in [1.29, 1.82) is 0 Å². The molecule has 0 radical (unpaired) electrons. The molecule has 0 aromatic carbocycles. The standard InChI is InChI=1S/C8H12N2O.2C2H6/c1-3-4-8(9)5-6-10(2)7(8)11;2*1-2/h1H,4-6,9H2,2H3;2*1-2H3. The van der Waals surface area contributed by atoms with Crippen molar-refractivity contribution < 1.29 is 4.79 Å². The summed E-state index contributed by atoms with van der Waals surface area (Å²) < 4.78 is 0. The van der Waals surface area contributed by atoms with E-state index in [0.717, 1.165) is 6.54 Å². The Balaban J connectivity index is 0. The molecule has 1 rings (SSSR count). The first kappa shape index (κ1) is 16.4. The number of terminal acetylenes is 1. The molecule has 1 aliphatic rings. The fourth-order valence-electron chi connectivity index (χ4n) is 1.30. The Hall–Kier alpha value is -1.01. The van der Waals surface area contributed by atoms with E-state index >= 15 is 0 Å². The smallest absolute Gasteiger partial charge is 0.243 e. The lowest BCUT2D eigenvalue weighted by Gasteiger charge is -2.18. The van der Waals surface area contributed by atoms with Crippen LogP contribution >= 0.6 is 0 Å². The van der Waals surface area contributed by atoms with Gasteiger partial charge in [0, 0.05) is 20.0 Å². The van der Waals surface area contributed by atoms with E-state index in [4.69, 9.17) is 12.2 Å². The highest BCUT2D eigenvalue weighted by Crippen LogP contribution is 2.21. The van der Waals surface area contributed by atoms with Gasteiger partial charge < -0.3 is 10.6 Å². The van der Waals surface area contributed by atoms with Gasteiger partial charge in [0.25, 0.3) is 0 Å². The number of nitrogens with zero attached hydrogens (tertiary/aromatic N) is 1. The summed E-state index contributed by atoms with van der Waals surface area (Å²) in [5.41, 5.74) is 5.00. The molecule has 2 N–H and O–H groups in total. The van der Waals surface area contributed by atoms with Crippen LogP contribution in [0.15, 0.2) is 0 Å². The van der Waals surface area contributed by atoms with Gasteiger partial charge in [-0.1, -0.05) is 27.7 Å². The zero-order valence-electron chi connectivity index (χ0n) is 10.6. The number of likely N-dealkylation sites (N-methyl/N-ethyl adjacent to an activating group) is 1. The van der Waals surface area contributed by atoms with Gasteiger partial charge in [0.15, 0.2) is 0 Å². The molecule has 1 aliphatic heterocycles. The van der Waals surface area contributed by atoms with Crippen LogP contribution in [0, 0.1) is 12.3 Å². The monoisotopic (exact) mass is 212 g/mol. The van der Waals surface area contributed by atoms with Crippen molar-refractivity contribution >= 4 is 5.91 Å². The molecule has 0 bridgehead atoms. The Kier molecular flexibility index (Phi) is 9.10. The number of amides is 1. The van der Waals surface area contributed by atoms with Crippen molar-refractivity contribution in [3.8, 4) is 12.3 Å². The van der Waals surface area contributed by atoms with E-state index in [0.29, 0.717) is 12.8 Å². The average Bonchev–Trinajstić information content (AvgIpc) is 2.53. The lowest BCUT2D eigenvalue weighted by Crippen LogP contribution is -2.46. The molecule has 1 amide bonds. The van der Waals surface area contributed by atoms with Crippen molar-refractivity contribution in [1.82, 2.24) is 4.90 Å². The molecule has 1 unspecified atom stereocenters. The highest BCUT2D eigenvalue weighted by Gasteiger charge is 2.40. The van der Waals surface area contributed by atoms with Gasteiger partial charge in [-0.2, -0.15) is 0 Å². The molecule has 15 heavy (non-hydrogen) atoms. The molecule has 1 heterocycles. The van der Waals surface area contributed by atoms with Crippen LogP contribution < -0.4 is 5.73 Å². The lowest BCUT2D eigenvalue weighted by molar-refractivity contribution is -0.130. The predicted molar refractivity (Wildman–Crippen MR) is 65.3 cm³/mol. The summed E-state index contributed by atoms with van der Waals surface area (Å²) in [7, 11) is 1.74. The van der Waals surface area contributed by atoms with Gasteiger partial charge >= 0.3 is 0 Å². The van der Waals surface area contributed by atoms with E-state index < -0.39 is 5.54 Å². The number of likely N-dealkylation sites (tertiary alicyclic amines) is 1. The predicted octanol–water partition coefficient (Wildman–Crippen LogP) is 1.62. The van der Waals surface area contributed by atoms with E-state index in [-0.39, 0.29) is 5.91 Å². The van der Waals surface area contributed by atoms with E-state index in [2.05, 4.69) is 5.92 Å². The third-order valence-corrected chi connectivity index (χ3v) is 2.08. The molecule has 3 heteroatoms. The van der Waals surface area contributed by atoms with Crippen LogP contribution in [0.3, 0.4) is 0 Å². The minimum Gasteiger partial charge on any atom is -0.344 e. The van der Waals surface area contributed by atoms with Crippen molar-refractivity contribution in [2.45, 2.75) is 46.1 Å². The Morgan fingerprint density at radius 3 is 2.20 bits per heavy atom. The molecule has 0 aromatic rings. The average molecular weight is 212 g/mol. The lowest BCUT2D eigenvalue weighted by atomic mass is 9.95. The first-order valence-corrected chi connectivity index (χ1v) is 5.58. The van der Waals surface area contributed by atoms with E-state index in [9.17, 15) is 4.79 Å². The van der Waals surface area contributed by atoms with Crippen molar-refractivity contribution in [3.05, 3.63) is 0 Å². The molecule has 0 saturated carbocycles. The van der Waals surface area contributed by atoms with Crippen LogP contribution in [0.5, 0.6) is 0 Å². The van der Waals surface area contributed by atoms with E-state index in [1.165, 1.54) is 0 Å². The SMILES string of the molecule is C#CCC1(N)CCN(C)C1=O.CC.CC. The van der Waals surface area contributed by atoms with Crippen LogP contribution in [0.4, 0.5) is 0 Å². The summed E-state index contributed by atoms with van der Waals surface area (Å²) >= 11 is 0. The molecule has 1 atom stereocenters. The van der Waals surface area contributed by atoms with Gasteiger partial charge in [0.1, 0.15) is 5.54 Å². The fraction of sp³-hybridized carbons (Fsp3) is 0.750. The van der Waals surface area contributed by atoms with Gasteiger partial charge in [-0.25, -0.2) is 0 Å². The second-order valence-electron chi connectivity index (χ2n) is 3.01. The van der Waals surface area contributed by atoms with Gasteiger partial charge in [-0.3, -0.25) is 4.79 Å². The number of carbonyl (C=O) groups is 1. The molecule has 3 nitrogen and oxygen atoms in total. The zero-order valence-corrected chi connectivity index (χ0v) is 10.6. The fourth-order valence-corrected chi connectivity index (χ4v) is 1.30. The van der Waals surface area contributed by atoms with Crippen LogP contribution in [-0.2, 0) is 4.79 Å². The zero-order chi connectivity index (χ0) is 12.5. The Labute approximate surface area is 94.0 Å². The molecule has 0 aromatic heterocycles. The number of nitrogens with two attached hydrogens (primary N) is 1. The second-order valence-corrected chi connectivity index (χ2v) is 3.01. The highest BCUT2D eigenvalue weighted by atomic mass is 16.2. The summed E-state index contributed by atoms with van der Waals surface area (Å²) in [6.45, 7) is 8.72. The topological polar surface area (TPSA) is 46.3 Å².